The van der Waals surface area contributed by atoms with Gasteiger partial charge in [-0.25, -0.2) is 0 Å². The molecular weight excluding hydrogens is 254 g/mol. The zero-order chi connectivity index (χ0) is 13.4. The molecule has 0 saturated carbocycles. The predicted octanol–water partition coefficient (Wildman–Crippen LogP) is 1.68. The van der Waals surface area contributed by atoms with Gasteiger partial charge in [0, 0.05) is 19.6 Å². The number of likely N-dealkylation sites (tertiary alicyclic amines) is 1. The number of rotatable bonds is 3. The molecule has 0 aromatic carbocycles. The monoisotopic (exact) mass is 271 g/mol. The van der Waals surface area contributed by atoms with Gasteiger partial charge in [-0.3, -0.25) is 14.4 Å². The summed E-state index contributed by atoms with van der Waals surface area (Å²) in [5.74, 6) is -0.990. The Labute approximate surface area is 111 Å². The Balaban J connectivity index is 2.13. The van der Waals surface area contributed by atoms with Gasteiger partial charge in [0.1, 0.15) is 0 Å². The molecule has 1 N–H and O–H groups in total. The Morgan fingerprint density at radius 1 is 1.61 bits per heavy atom. The third-order valence-corrected chi connectivity index (χ3v) is 4.31. The number of aromatic nitrogens is 2. The molecule has 18 heavy (non-hydrogen) atoms. The first kappa shape index (κ1) is 13.4. The van der Waals surface area contributed by atoms with Gasteiger partial charge in [-0.15, -0.1) is 0 Å². The van der Waals surface area contributed by atoms with Crippen molar-refractivity contribution in [3.63, 3.8) is 0 Å². The van der Waals surface area contributed by atoms with Crippen LogP contribution < -0.4 is 0 Å². The van der Waals surface area contributed by atoms with E-state index >= 15 is 0 Å². The summed E-state index contributed by atoms with van der Waals surface area (Å²) < 4.78 is 1.78. The van der Waals surface area contributed by atoms with Crippen molar-refractivity contribution in [3.8, 4) is 0 Å². The molecule has 6 heteroatoms. The second kappa shape index (κ2) is 4.90. The maximum Gasteiger partial charge on any atom is 0.308 e. The Bertz CT molecular complexity index is 472. The van der Waals surface area contributed by atoms with Crippen molar-refractivity contribution in [1.29, 1.82) is 0 Å². The fourth-order valence-electron chi connectivity index (χ4n) is 2.60. The van der Waals surface area contributed by atoms with Gasteiger partial charge in [0.2, 0.25) is 0 Å². The molecule has 0 bridgehead atoms. The summed E-state index contributed by atoms with van der Waals surface area (Å²) in [7, 11) is 1.86. The number of carboxylic acid groups (broad SMARTS) is 1. The van der Waals surface area contributed by atoms with Crippen molar-refractivity contribution >= 4 is 17.6 Å². The van der Waals surface area contributed by atoms with E-state index in [1.165, 1.54) is 0 Å². The average Bonchev–Trinajstić information content (AvgIpc) is 2.76. The van der Waals surface area contributed by atoms with Gasteiger partial charge in [-0.05, 0) is 26.8 Å². The minimum Gasteiger partial charge on any atom is -0.481 e. The quantitative estimate of drug-likeness (QED) is 0.909. The third kappa shape index (κ3) is 2.24. The molecule has 5 nitrogen and oxygen atoms in total. The standard InChI is InChI=1S/C12H18ClN3O2/c1-7-11(13)10(15(3)14-7)6-16-5-4-9(8(16)2)12(17)18/h8-9H,4-6H2,1-3H3,(H,17,18). The van der Waals surface area contributed by atoms with E-state index in [0.717, 1.165) is 17.9 Å². The maximum atomic E-state index is 11.1. The highest BCUT2D eigenvalue weighted by Gasteiger charge is 2.36. The average molecular weight is 272 g/mol. The largest absolute Gasteiger partial charge is 0.481 e. The van der Waals surface area contributed by atoms with Crippen LogP contribution in [0.25, 0.3) is 0 Å². The smallest absolute Gasteiger partial charge is 0.308 e. The highest BCUT2D eigenvalue weighted by molar-refractivity contribution is 6.31. The normalized spacial score (nSPS) is 24.7. The van der Waals surface area contributed by atoms with E-state index in [1.807, 2.05) is 20.9 Å². The van der Waals surface area contributed by atoms with Gasteiger partial charge in [0.25, 0.3) is 0 Å². The Morgan fingerprint density at radius 3 is 2.72 bits per heavy atom. The molecule has 0 aliphatic carbocycles. The summed E-state index contributed by atoms with van der Waals surface area (Å²) in [4.78, 5) is 13.2. The van der Waals surface area contributed by atoms with Crippen LogP contribution in [-0.2, 0) is 18.4 Å². The second-order valence-corrected chi connectivity index (χ2v) is 5.29. The fraction of sp³-hybridized carbons (Fsp3) is 0.667. The lowest BCUT2D eigenvalue weighted by Gasteiger charge is -2.23. The molecule has 1 saturated heterocycles. The summed E-state index contributed by atoms with van der Waals surface area (Å²) >= 11 is 6.21. The number of carboxylic acids is 1. The van der Waals surface area contributed by atoms with Crippen LogP contribution in [0.5, 0.6) is 0 Å². The van der Waals surface area contributed by atoms with Crippen LogP contribution in [0.15, 0.2) is 0 Å². The van der Waals surface area contributed by atoms with Crippen LogP contribution >= 0.6 is 11.6 Å². The number of hydrogen-bond acceptors (Lipinski definition) is 3. The molecule has 2 rings (SSSR count). The Hall–Kier alpha value is -1.07. The molecule has 0 radical (unpaired) electrons. The molecule has 0 amide bonds. The van der Waals surface area contributed by atoms with Crippen LogP contribution in [0.4, 0.5) is 0 Å². The summed E-state index contributed by atoms with van der Waals surface area (Å²) in [6.45, 7) is 5.28. The fourth-order valence-corrected chi connectivity index (χ4v) is 2.82. The van der Waals surface area contributed by atoms with Crippen molar-refractivity contribution < 1.29 is 9.90 Å². The summed E-state index contributed by atoms with van der Waals surface area (Å²) in [6, 6.07) is 0.0359. The van der Waals surface area contributed by atoms with Crippen LogP contribution in [0.2, 0.25) is 5.02 Å². The van der Waals surface area contributed by atoms with Crippen molar-refractivity contribution in [1.82, 2.24) is 14.7 Å². The topological polar surface area (TPSA) is 58.4 Å². The summed E-state index contributed by atoms with van der Waals surface area (Å²) in [6.07, 6.45) is 0.699. The molecule has 0 spiro atoms. The van der Waals surface area contributed by atoms with Gasteiger partial charge in [0.15, 0.2) is 0 Å². The van der Waals surface area contributed by atoms with E-state index in [2.05, 4.69) is 10.00 Å². The SMILES string of the molecule is Cc1nn(C)c(CN2CCC(C(=O)O)C2C)c1Cl. The van der Waals surface area contributed by atoms with E-state index in [1.54, 1.807) is 4.68 Å². The molecule has 1 aromatic rings. The van der Waals surface area contributed by atoms with Gasteiger partial charge >= 0.3 is 5.97 Å². The second-order valence-electron chi connectivity index (χ2n) is 4.91. The van der Waals surface area contributed by atoms with Gasteiger partial charge < -0.3 is 5.11 Å². The minimum atomic E-state index is -0.711. The van der Waals surface area contributed by atoms with Crippen LogP contribution in [0.1, 0.15) is 24.7 Å². The number of carbonyl (C=O) groups is 1. The summed E-state index contributed by atoms with van der Waals surface area (Å²) in [5, 5.41) is 14.1. The van der Waals surface area contributed by atoms with Crippen molar-refractivity contribution in [2.75, 3.05) is 6.54 Å². The number of halogens is 1. The van der Waals surface area contributed by atoms with Gasteiger partial charge in [-0.2, -0.15) is 5.10 Å². The molecule has 2 heterocycles. The first-order valence-corrected chi connectivity index (χ1v) is 6.44. The molecule has 1 fully saturated rings. The Kier molecular flexibility index (Phi) is 3.64. The minimum absolute atomic E-state index is 0.0359. The third-order valence-electron chi connectivity index (χ3n) is 3.82. The van der Waals surface area contributed by atoms with Gasteiger partial charge in [-0.1, -0.05) is 11.6 Å². The van der Waals surface area contributed by atoms with Crippen LogP contribution in [0, 0.1) is 12.8 Å². The molecule has 1 aliphatic heterocycles. The van der Waals surface area contributed by atoms with Crippen molar-refractivity contribution in [2.45, 2.75) is 32.9 Å². The number of aryl methyl sites for hydroxylation is 2. The van der Waals surface area contributed by atoms with E-state index in [9.17, 15) is 4.79 Å². The number of hydrogen-bond donors (Lipinski definition) is 1. The molecule has 2 atom stereocenters. The van der Waals surface area contributed by atoms with Crippen LogP contribution in [-0.4, -0.2) is 38.3 Å². The van der Waals surface area contributed by atoms with Crippen molar-refractivity contribution in [2.24, 2.45) is 13.0 Å². The lowest BCUT2D eigenvalue weighted by atomic mass is 10.0. The molecule has 100 valence electrons. The zero-order valence-electron chi connectivity index (χ0n) is 10.9. The van der Waals surface area contributed by atoms with E-state index < -0.39 is 5.97 Å². The zero-order valence-corrected chi connectivity index (χ0v) is 11.6. The van der Waals surface area contributed by atoms with E-state index in [0.29, 0.717) is 18.0 Å². The van der Waals surface area contributed by atoms with Crippen molar-refractivity contribution in [3.05, 3.63) is 16.4 Å². The lowest BCUT2D eigenvalue weighted by molar-refractivity contribution is -0.142. The van der Waals surface area contributed by atoms with E-state index in [-0.39, 0.29) is 12.0 Å². The lowest BCUT2D eigenvalue weighted by Crippen LogP contribution is -2.33. The number of nitrogens with zero attached hydrogens (tertiary/aromatic N) is 3. The highest BCUT2D eigenvalue weighted by Crippen LogP contribution is 2.28. The molecule has 1 aromatic heterocycles. The molecule has 2 unspecified atom stereocenters. The maximum absolute atomic E-state index is 11.1. The molecule has 1 aliphatic rings. The molecular formula is C12H18ClN3O2. The Morgan fingerprint density at radius 2 is 2.28 bits per heavy atom. The first-order valence-electron chi connectivity index (χ1n) is 6.06. The predicted molar refractivity (Wildman–Crippen MR) is 68.6 cm³/mol. The van der Waals surface area contributed by atoms with Gasteiger partial charge in [0.05, 0.1) is 22.3 Å². The first-order chi connectivity index (χ1) is 8.41. The van der Waals surface area contributed by atoms with Crippen LogP contribution in [0.3, 0.4) is 0 Å². The highest BCUT2D eigenvalue weighted by atomic mass is 35.5. The van der Waals surface area contributed by atoms with E-state index in [4.69, 9.17) is 16.7 Å². The summed E-state index contributed by atoms with van der Waals surface area (Å²) in [5.41, 5.74) is 1.77. The number of aliphatic carboxylic acids is 1.